The normalized spacial score (nSPS) is 17.5. The van der Waals surface area contributed by atoms with Crippen LogP contribution in [0.4, 0.5) is 0 Å². The lowest BCUT2D eigenvalue weighted by Gasteiger charge is -2.28. The number of amides is 1. The third-order valence-corrected chi connectivity index (χ3v) is 5.48. The van der Waals surface area contributed by atoms with E-state index < -0.39 is 6.10 Å². The van der Waals surface area contributed by atoms with Crippen LogP contribution in [-0.2, 0) is 11.8 Å². The van der Waals surface area contributed by atoms with Gasteiger partial charge in [-0.05, 0) is 55.2 Å². The Balaban J connectivity index is 1.44. The van der Waals surface area contributed by atoms with Crippen molar-refractivity contribution in [3.63, 3.8) is 0 Å². The molecule has 2 atom stereocenters. The van der Waals surface area contributed by atoms with Gasteiger partial charge in [0, 0.05) is 25.5 Å². The van der Waals surface area contributed by atoms with Gasteiger partial charge in [-0.3, -0.25) is 4.79 Å². The number of benzene rings is 2. The summed E-state index contributed by atoms with van der Waals surface area (Å²) in [6.45, 7) is 2.63. The van der Waals surface area contributed by atoms with Gasteiger partial charge in [-0.1, -0.05) is 42.5 Å². The summed E-state index contributed by atoms with van der Waals surface area (Å²) in [5.41, 5.74) is 3.49. The molecule has 0 aliphatic carbocycles. The molecule has 0 radical (unpaired) electrons. The van der Waals surface area contributed by atoms with E-state index in [4.69, 9.17) is 4.74 Å². The molecule has 28 heavy (non-hydrogen) atoms. The van der Waals surface area contributed by atoms with Crippen LogP contribution in [0.3, 0.4) is 0 Å². The van der Waals surface area contributed by atoms with Crippen molar-refractivity contribution in [1.82, 2.24) is 9.47 Å². The van der Waals surface area contributed by atoms with Crippen LogP contribution in [0, 0.1) is 0 Å². The lowest BCUT2D eigenvalue weighted by Crippen LogP contribution is -2.40. The molecule has 1 amide bonds. The Morgan fingerprint density at radius 1 is 1.00 bits per heavy atom. The number of aromatic nitrogens is 1. The highest BCUT2D eigenvalue weighted by Crippen LogP contribution is 2.33. The van der Waals surface area contributed by atoms with Crippen LogP contribution in [0.1, 0.15) is 31.5 Å². The predicted octanol–water partition coefficient (Wildman–Crippen LogP) is 4.82. The van der Waals surface area contributed by atoms with E-state index in [1.807, 2.05) is 73.6 Å². The van der Waals surface area contributed by atoms with Crippen molar-refractivity contribution in [3.8, 4) is 16.9 Å². The Morgan fingerprint density at radius 2 is 1.71 bits per heavy atom. The quantitative estimate of drug-likeness (QED) is 0.641. The first-order chi connectivity index (χ1) is 13.6. The van der Waals surface area contributed by atoms with E-state index >= 15 is 0 Å². The number of rotatable bonds is 5. The van der Waals surface area contributed by atoms with E-state index in [-0.39, 0.29) is 11.9 Å². The molecule has 4 heteroatoms. The molecule has 2 unspecified atom stereocenters. The number of hydrogen-bond donors (Lipinski definition) is 0. The highest BCUT2D eigenvalue weighted by molar-refractivity contribution is 5.81. The average molecular weight is 374 g/mol. The summed E-state index contributed by atoms with van der Waals surface area (Å²) in [7, 11) is 2.03. The monoisotopic (exact) mass is 374 g/mol. The van der Waals surface area contributed by atoms with Crippen LogP contribution >= 0.6 is 0 Å². The lowest BCUT2D eigenvalue weighted by atomic mass is 10.1. The van der Waals surface area contributed by atoms with Crippen LogP contribution in [0.5, 0.6) is 5.75 Å². The fourth-order valence-electron chi connectivity index (χ4n) is 4.00. The maximum atomic E-state index is 13.0. The van der Waals surface area contributed by atoms with Gasteiger partial charge < -0.3 is 14.2 Å². The number of nitrogens with zero attached hydrogens (tertiary/aromatic N) is 2. The fraction of sp³-hybridized carbons (Fsp3) is 0.292. The first-order valence-electron chi connectivity index (χ1n) is 9.87. The molecule has 0 N–H and O–H groups in total. The second-order valence-corrected chi connectivity index (χ2v) is 7.38. The lowest BCUT2D eigenvalue weighted by molar-refractivity contribution is -0.139. The smallest absolute Gasteiger partial charge is 0.263 e. The molecule has 1 saturated heterocycles. The first kappa shape index (κ1) is 18.4. The van der Waals surface area contributed by atoms with Crippen LogP contribution in [0.2, 0.25) is 0 Å². The minimum atomic E-state index is -0.511. The zero-order valence-electron chi connectivity index (χ0n) is 16.4. The summed E-state index contributed by atoms with van der Waals surface area (Å²) >= 11 is 0. The van der Waals surface area contributed by atoms with Crippen molar-refractivity contribution in [1.29, 1.82) is 0 Å². The van der Waals surface area contributed by atoms with E-state index in [1.54, 1.807) is 0 Å². The number of hydrogen-bond acceptors (Lipinski definition) is 2. The Morgan fingerprint density at radius 3 is 2.39 bits per heavy atom. The predicted molar refractivity (Wildman–Crippen MR) is 111 cm³/mol. The van der Waals surface area contributed by atoms with Gasteiger partial charge in [0.2, 0.25) is 0 Å². The molecule has 1 aliphatic rings. The summed E-state index contributed by atoms with van der Waals surface area (Å²) in [6.07, 6.45) is 3.55. The molecule has 3 aromatic rings. The van der Waals surface area contributed by atoms with Crippen LogP contribution in [-0.4, -0.2) is 28.0 Å². The van der Waals surface area contributed by atoms with Crippen molar-refractivity contribution < 1.29 is 9.53 Å². The summed E-state index contributed by atoms with van der Waals surface area (Å²) in [5.74, 6) is 0.769. The molecule has 0 bridgehead atoms. The Hall–Kier alpha value is -3.01. The molecule has 1 aliphatic heterocycles. The van der Waals surface area contributed by atoms with Crippen molar-refractivity contribution in [3.05, 3.63) is 78.6 Å². The fourth-order valence-corrected chi connectivity index (χ4v) is 4.00. The van der Waals surface area contributed by atoms with Crippen LogP contribution in [0.25, 0.3) is 11.1 Å². The third-order valence-electron chi connectivity index (χ3n) is 5.48. The van der Waals surface area contributed by atoms with Crippen molar-refractivity contribution in [2.45, 2.75) is 31.9 Å². The molecule has 2 heterocycles. The van der Waals surface area contributed by atoms with E-state index in [0.717, 1.165) is 30.7 Å². The second kappa shape index (κ2) is 7.93. The molecular formula is C24H26N2O2. The molecule has 2 aromatic carbocycles. The maximum absolute atomic E-state index is 13.0. The van der Waals surface area contributed by atoms with Crippen molar-refractivity contribution in [2.24, 2.45) is 7.05 Å². The molecule has 4 rings (SSSR count). The third kappa shape index (κ3) is 3.68. The number of carbonyl (C=O) groups is 1. The zero-order chi connectivity index (χ0) is 19.5. The summed E-state index contributed by atoms with van der Waals surface area (Å²) in [5, 5.41) is 0. The second-order valence-electron chi connectivity index (χ2n) is 7.38. The zero-order valence-corrected chi connectivity index (χ0v) is 16.4. The Bertz CT molecular complexity index is 931. The average Bonchev–Trinajstić information content (AvgIpc) is 3.37. The SMILES string of the molecule is CC(Oc1ccc(-c2ccccc2)cc1)C(=O)N1CCCC1c1cccn1C. The number of likely N-dealkylation sites (tertiary alicyclic amines) is 1. The summed E-state index contributed by atoms with van der Waals surface area (Å²) in [4.78, 5) is 15.0. The maximum Gasteiger partial charge on any atom is 0.263 e. The summed E-state index contributed by atoms with van der Waals surface area (Å²) in [6, 6.07) is 22.4. The van der Waals surface area contributed by atoms with Crippen LogP contribution < -0.4 is 4.74 Å². The van der Waals surface area contributed by atoms with Gasteiger partial charge in [-0.2, -0.15) is 0 Å². The molecule has 1 aromatic heterocycles. The van der Waals surface area contributed by atoms with Gasteiger partial charge >= 0.3 is 0 Å². The molecular weight excluding hydrogens is 348 g/mol. The van der Waals surface area contributed by atoms with E-state index in [2.05, 4.69) is 22.8 Å². The topological polar surface area (TPSA) is 34.5 Å². The van der Waals surface area contributed by atoms with Gasteiger partial charge in [0.1, 0.15) is 5.75 Å². The van der Waals surface area contributed by atoms with Gasteiger partial charge in [0.15, 0.2) is 6.10 Å². The number of aryl methyl sites for hydroxylation is 1. The van der Waals surface area contributed by atoms with Gasteiger partial charge in [-0.25, -0.2) is 0 Å². The minimum absolute atomic E-state index is 0.0517. The Labute approximate surface area is 166 Å². The standard InChI is InChI=1S/C24H26N2O2/c1-18(24(27)26-17-7-11-23(26)22-10-6-16-25(22)2)28-21-14-12-20(13-15-21)19-8-4-3-5-9-19/h3-6,8-10,12-16,18,23H,7,11,17H2,1-2H3. The summed E-state index contributed by atoms with van der Waals surface area (Å²) < 4.78 is 8.08. The molecule has 144 valence electrons. The van der Waals surface area contributed by atoms with Crippen molar-refractivity contribution in [2.75, 3.05) is 6.54 Å². The molecule has 4 nitrogen and oxygen atoms in total. The highest BCUT2D eigenvalue weighted by Gasteiger charge is 2.34. The number of carbonyl (C=O) groups excluding carboxylic acids is 1. The minimum Gasteiger partial charge on any atom is -0.481 e. The number of ether oxygens (including phenoxy) is 1. The molecule has 1 fully saturated rings. The highest BCUT2D eigenvalue weighted by atomic mass is 16.5. The Kier molecular flexibility index (Phi) is 5.20. The largest absolute Gasteiger partial charge is 0.481 e. The van der Waals surface area contributed by atoms with Gasteiger partial charge in [0.05, 0.1) is 6.04 Å². The van der Waals surface area contributed by atoms with E-state index in [0.29, 0.717) is 0 Å². The molecule has 0 spiro atoms. The van der Waals surface area contributed by atoms with E-state index in [9.17, 15) is 4.79 Å². The molecule has 0 saturated carbocycles. The van der Waals surface area contributed by atoms with Gasteiger partial charge in [-0.15, -0.1) is 0 Å². The van der Waals surface area contributed by atoms with Crippen molar-refractivity contribution >= 4 is 5.91 Å². The first-order valence-corrected chi connectivity index (χ1v) is 9.87. The van der Waals surface area contributed by atoms with E-state index in [1.165, 1.54) is 11.3 Å². The van der Waals surface area contributed by atoms with Crippen LogP contribution in [0.15, 0.2) is 72.9 Å². The van der Waals surface area contributed by atoms with Gasteiger partial charge in [0.25, 0.3) is 5.91 Å².